The third-order valence-corrected chi connectivity index (χ3v) is 2.59. The molecule has 1 atom stereocenters. The molecule has 0 fully saturated rings. The number of para-hydroxylation sites is 1. The summed E-state index contributed by atoms with van der Waals surface area (Å²) in [5, 5.41) is 4.16. The van der Waals surface area contributed by atoms with Crippen molar-refractivity contribution in [3.63, 3.8) is 0 Å². The molecule has 0 bridgehead atoms. The molecule has 0 aliphatic heterocycles. The van der Waals surface area contributed by atoms with Crippen LogP contribution in [0.1, 0.15) is 20.8 Å². The smallest absolute Gasteiger partial charge is 0.0637 e. The molecule has 0 aromatic heterocycles. The average Bonchev–Trinajstić information content (AvgIpc) is 2.08. The molecule has 0 amide bonds. The lowest BCUT2D eigenvalue weighted by molar-refractivity contribution is 0.560. The van der Waals surface area contributed by atoms with Crippen molar-refractivity contribution in [1.82, 2.24) is 0 Å². The summed E-state index contributed by atoms with van der Waals surface area (Å²) in [6.07, 6.45) is 0. The standard InChI is InChI=1S/C11H16ClN/c1-8(2)9(3)13-11-7-5-4-6-10(11)12/h4-9,13H,1-3H3/t9-/m1/s1. The molecule has 1 aromatic carbocycles. The van der Waals surface area contributed by atoms with E-state index in [1.807, 2.05) is 24.3 Å². The molecular weight excluding hydrogens is 182 g/mol. The van der Waals surface area contributed by atoms with Crippen LogP contribution in [-0.2, 0) is 0 Å². The molecule has 2 heteroatoms. The predicted octanol–water partition coefficient (Wildman–Crippen LogP) is 3.80. The summed E-state index contributed by atoms with van der Waals surface area (Å²) in [5.41, 5.74) is 1.02. The molecule has 0 aliphatic rings. The Balaban J connectivity index is 2.69. The van der Waals surface area contributed by atoms with Crippen molar-refractivity contribution in [3.8, 4) is 0 Å². The topological polar surface area (TPSA) is 12.0 Å². The van der Waals surface area contributed by atoms with Crippen LogP contribution in [0.4, 0.5) is 5.69 Å². The maximum atomic E-state index is 6.01. The zero-order chi connectivity index (χ0) is 9.84. The third-order valence-electron chi connectivity index (χ3n) is 2.26. The fraction of sp³-hybridized carbons (Fsp3) is 0.455. The Morgan fingerprint density at radius 2 is 1.77 bits per heavy atom. The highest BCUT2D eigenvalue weighted by Gasteiger charge is 2.07. The molecular formula is C11H16ClN. The van der Waals surface area contributed by atoms with E-state index in [1.54, 1.807) is 0 Å². The van der Waals surface area contributed by atoms with E-state index in [2.05, 4.69) is 26.1 Å². The molecule has 1 rings (SSSR count). The van der Waals surface area contributed by atoms with E-state index < -0.39 is 0 Å². The fourth-order valence-electron chi connectivity index (χ4n) is 0.990. The van der Waals surface area contributed by atoms with Crippen LogP contribution >= 0.6 is 11.6 Å². The van der Waals surface area contributed by atoms with E-state index in [1.165, 1.54) is 0 Å². The lowest BCUT2D eigenvalue weighted by atomic mass is 10.1. The Hall–Kier alpha value is -0.690. The first-order chi connectivity index (χ1) is 6.11. The van der Waals surface area contributed by atoms with Crippen molar-refractivity contribution in [2.75, 3.05) is 5.32 Å². The predicted molar refractivity (Wildman–Crippen MR) is 59.4 cm³/mol. The largest absolute Gasteiger partial charge is 0.381 e. The van der Waals surface area contributed by atoms with Gasteiger partial charge in [0.25, 0.3) is 0 Å². The van der Waals surface area contributed by atoms with Crippen LogP contribution in [0.5, 0.6) is 0 Å². The van der Waals surface area contributed by atoms with Crippen LogP contribution in [0.3, 0.4) is 0 Å². The Morgan fingerprint density at radius 1 is 1.15 bits per heavy atom. The number of anilines is 1. The number of rotatable bonds is 3. The molecule has 0 unspecified atom stereocenters. The van der Waals surface area contributed by atoms with Gasteiger partial charge < -0.3 is 5.32 Å². The van der Waals surface area contributed by atoms with Gasteiger partial charge in [-0.1, -0.05) is 37.6 Å². The summed E-state index contributed by atoms with van der Waals surface area (Å²) in [4.78, 5) is 0. The number of halogens is 1. The number of nitrogens with one attached hydrogen (secondary N) is 1. The molecule has 72 valence electrons. The molecule has 0 saturated carbocycles. The minimum Gasteiger partial charge on any atom is -0.381 e. The minimum absolute atomic E-state index is 0.444. The Bertz CT molecular complexity index is 271. The lowest BCUT2D eigenvalue weighted by Gasteiger charge is -2.19. The molecule has 0 aliphatic carbocycles. The van der Waals surface area contributed by atoms with E-state index in [-0.39, 0.29) is 0 Å². The molecule has 1 nitrogen and oxygen atoms in total. The molecule has 0 spiro atoms. The zero-order valence-corrected chi connectivity index (χ0v) is 9.10. The summed E-state index contributed by atoms with van der Waals surface area (Å²) in [7, 11) is 0. The number of hydrogen-bond acceptors (Lipinski definition) is 1. The second kappa shape index (κ2) is 4.52. The third kappa shape index (κ3) is 2.92. The van der Waals surface area contributed by atoms with Gasteiger partial charge in [-0.15, -0.1) is 0 Å². The van der Waals surface area contributed by atoms with Gasteiger partial charge in [0.15, 0.2) is 0 Å². The molecule has 1 N–H and O–H groups in total. The van der Waals surface area contributed by atoms with Gasteiger partial charge in [0.05, 0.1) is 10.7 Å². The highest BCUT2D eigenvalue weighted by molar-refractivity contribution is 6.33. The maximum Gasteiger partial charge on any atom is 0.0637 e. The fourth-order valence-corrected chi connectivity index (χ4v) is 1.18. The summed E-state index contributed by atoms with van der Waals surface area (Å²) >= 11 is 6.01. The van der Waals surface area contributed by atoms with Gasteiger partial charge in [0, 0.05) is 6.04 Å². The van der Waals surface area contributed by atoms with E-state index in [0.29, 0.717) is 12.0 Å². The van der Waals surface area contributed by atoms with Gasteiger partial charge >= 0.3 is 0 Å². The number of benzene rings is 1. The molecule has 0 saturated heterocycles. The highest BCUT2D eigenvalue weighted by atomic mass is 35.5. The second-order valence-electron chi connectivity index (χ2n) is 3.66. The summed E-state index contributed by atoms with van der Waals surface area (Å²) in [5.74, 6) is 0.608. The van der Waals surface area contributed by atoms with Crippen LogP contribution in [0, 0.1) is 5.92 Å². The van der Waals surface area contributed by atoms with E-state index in [9.17, 15) is 0 Å². The van der Waals surface area contributed by atoms with Gasteiger partial charge in [-0.25, -0.2) is 0 Å². The first-order valence-electron chi connectivity index (χ1n) is 4.62. The van der Waals surface area contributed by atoms with Gasteiger partial charge in [-0.05, 0) is 25.0 Å². The van der Waals surface area contributed by atoms with Crippen molar-refractivity contribution in [2.24, 2.45) is 5.92 Å². The SMILES string of the molecule is CC(C)[C@@H](C)Nc1ccccc1Cl. The second-order valence-corrected chi connectivity index (χ2v) is 4.06. The lowest BCUT2D eigenvalue weighted by Crippen LogP contribution is -2.21. The molecule has 0 radical (unpaired) electrons. The van der Waals surface area contributed by atoms with Crippen molar-refractivity contribution in [3.05, 3.63) is 29.3 Å². The zero-order valence-electron chi connectivity index (χ0n) is 8.34. The Kier molecular flexibility index (Phi) is 3.61. The average molecular weight is 198 g/mol. The van der Waals surface area contributed by atoms with E-state index in [4.69, 9.17) is 11.6 Å². The van der Waals surface area contributed by atoms with Crippen LogP contribution in [0.25, 0.3) is 0 Å². The molecule has 0 heterocycles. The Labute approximate surface area is 85.1 Å². The van der Waals surface area contributed by atoms with Crippen molar-refractivity contribution < 1.29 is 0 Å². The van der Waals surface area contributed by atoms with Crippen LogP contribution in [-0.4, -0.2) is 6.04 Å². The van der Waals surface area contributed by atoms with Crippen LogP contribution in [0.15, 0.2) is 24.3 Å². The maximum absolute atomic E-state index is 6.01. The van der Waals surface area contributed by atoms with Gasteiger partial charge in [-0.2, -0.15) is 0 Å². The summed E-state index contributed by atoms with van der Waals surface area (Å²) < 4.78 is 0. The van der Waals surface area contributed by atoms with Crippen LogP contribution < -0.4 is 5.32 Å². The normalized spacial score (nSPS) is 13.0. The van der Waals surface area contributed by atoms with Gasteiger partial charge in [0.2, 0.25) is 0 Å². The Morgan fingerprint density at radius 3 is 2.31 bits per heavy atom. The summed E-state index contributed by atoms with van der Waals surface area (Å²) in [6.45, 7) is 6.54. The van der Waals surface area contributed by atoms with E-state index >= 15 is 0 Å². The molecule has 13 heavy (non-hydrogen) atoms. The highest BCUT2D eigenvalue weighted by Crippen LogP contribution is 2.22. The molecule has 1 aromatic rings. The van der Waals surface area contributed by atoms with Gasteiger partial charge in [-0.3, -0.25) is 0 Å². The first-order valence-corrected chi connectivity index (χ1v) is 5.00. The van der Waals surface area contributed by atoms with Gasteiger partial charge in [0.1, 0.15) is 0 Å². The first kappa shape index (κ1) is 10.4. The van der Waals surface area contributed by atoms with Crippen LogP contribution in [0.2, 0.25) is 5.02 Å². The quantitative estimate of drug-likeness (QED) is 0.778. The number of hydrogen-bond donors (Lipinski definition) is 1. The van der Waals surface area contributed by atoms with Crippen molar-refractivity contribution in [1.29, 1.82) is 0 Å². The summed E-state index contributed by atoms with van der Waals surface area (Å²) in [6, 6.07) is 8.27. The van der Waals surface area contributed by atoms with Crippen molar-refractivity contribution >= 4 is 17.3 Å². The minimum atomic E-state index is 0.444. The van der Waals surface area contributed by atoms with Crippen molar-refractivity contribution in [2.45, 2.75) is 26.8 Å². The monoisotopic (exact) mass is 197 g/mol. The van der Waals surface area contributed by atoms with E-state index in [0.717, 1.165) is 10.7 Å².